The molecule has 12 nitrogen and oxygen atoms in total. The molecular formula is C15H21N3O9S. The van der Waals surface area contributed by atoms with Crippen LogP contribution >= 0.6 is 12.6 Å². The van der Waals surface area contributed by atoms with Crippen LogP contribution in [0.4, 0.5) is 0 Å². The van der Waals surface area contributed by atoms with Gasteiger partial charge in [0.05, 0.1) is 25.4 Å². The van der Waals surface area contributed by atoms with E-state index in [0.717, 1.165) is 13.8 Å². The Labute approximate surface area is 164 Å². The number of thiol groups is 1. The second kappa shape index (κ2) is 11.1. The molecule has 0 N–H and O–H groups in total. The quantitative estimate of drug-likeness (QED) is 0.253. The van der Waals surface area contributed by atoms with Gasteiger partial charge in [-0.25, -0.2) is 28.1 Å². The van der Waals surface area contributed by atoms with Crippen molar-refractivity contribution in [2.75, 3.05) is 25.6 Å². The van der Waals surface area contributed by atoms with E-state index in [1.165, 1.54) is 0 Å². The molecule has 28 heavy (non-hydrogen) atoms. The van der Waals surface area contributed by atoms with Crippen LogP contribution in [0, 0.1) is 0 Å². The molecule has 0 amide bonds. The number of carbonyl (C=O) groups is 3. The topological polar surface area (TPSA) is 145 Å². The summed E-state index contributed by atoms with van der Waals surface area (Å²) in [4.78, 5) is 70.4. The maximum atomic E-state index is 12.5. The summed E-state index contributed by atoms with van der Waals surface area (Å²) in [6, 6.07) is 0. The molecule has 0 unspecified atom stereocenters. The zero-order valence-electron chi connectivity index (χ0n) is 15.4. The molecule has 0 atom stereocenters. The highest BCUT2D eigenvalue weighted by Crippen LogP contribution is 1.86. The van der Waals surface area contributed by atoms with Crippen LogP contribution in [0.5, 0.6) is 0 Å². The Bertz CT molecular complexity index is 841. The fourth-order valence-corrected chi connectivity index (χ4v) is 2.21. The third kappa shape index (κ3) is 6.72. The Morgan fingerprint density at radius 3 is 1.32 bits per heavy atom. The van der Waals surface area contributed by atoms with Gasteiger partial charge >= 0.3 is 35.0 Å². The lowest BCUT2D eigenvalue weighted by Crippen LogP contribution is -2.55. The molecule has 0 spiro atoms. The molecule has 0 bridgehead atoms. The van der Waals surface area contributed by atoms with Gasteiger partial charge in [0.15, 0.2) is 0 Å². The summed E-state index contributed by atoms with van der Waals surface area (Å²) in [5.41, 5.74) is -2.85. The number of ether oxygens (including phenoxy) is 3. The lowest BCUT2D eigenvalue weighted by atomic mass is 10.5. The van der Waals surface area contributed by atoms with Crippen LogP contribution in [0.3, 0.4) is 0 Å². The van der Waals surface area contributed by atoms with Crippen LogP contribution in [0.25, 0.3) is 0 Å². The van der Waals surface area contributed by atoms with Crippen LogP contribution in [0.2, 0.25) is 0 Å². The highest BCUT2D eigenvalue weighted by Gasteiger charge is 2.16. The second-order valence-corrected chi connectivity index (χ2v) is 5.68. The Kier molecular flexibility index (Phi) is 9.21. The Hall–Kier alpha value is -2.83. The van der Waals surface area contributed by atoms with Gasteiger partial charge < -0.3 is 14.2 Å². The van der Waals surface area contributed by atoms with E-state index in [2.05, 4.69) is 12.6 Å². The molecule has 1 heterocycles. The van der Waals surface area contributed by atoms with Gasteiger partial charge in [-0.3, -0.25) is 14.4 Å². The smallest absolute Gasteiger partial charge is 0.336 e. The Morgan fingerprint density at radius 2 is 1.04 bits per heavy atom. The van der Waals surface area contributed by atoms with E-state index in [0.29, 0.717) is 13.7 Å². The number of aromatic nitrogens is 3. The van der Waals surface area contributed by atoms with Crippen molar-refractivity contribution in [3.63, 3.8) is 0 Å². The lowest BCUT2D eigenvalue weighted by Gasteiger charge is -2.14. The van der Waals surface area contributed by atoms with Crippen LogP contribution in [0.15, 0.2) is 14.4 Å². The van der Waals surface area contributed by atoms with Gasteiger partial charge in [0, 0.05) is 13.8 Å². The van der Waals surface area contributed by atoms with Gasteiger partial charge in [-0.15, -0.1) is 0 Å². The molecule has 1 rings (SSSR count). The van der Waals surface area contributed by atoms with E-state index in [1.54, 1.807) is 0 Å². The third-order valence-corrected chi connectivity index (χ3v) is 3.59. The summed E-state index contributed by atoms with van der Waals surface area (Å²) in [6.45, 7) is 0.624. The minimum atomic E-state index is -0.951. The molecule has 0 aliphatic rings. The van der Waals surface area contributed by atoms with Crippen molar-refractivity contribution >= 4 is 30.5 Å². The minimum absolute atomic E-state index is 0.177. The van der Waals surface area contributed by atoms with Gasteiger partial charge in [-0.05, 0) is 0 Å². The third-order valence-electron chi connectivity index (χ3n) is 3.33. The zero-order chi connectivity index (χ0) is 21.3. The molecule has 1 aromatic heterocycles. The van der Waals surface area contributed by atoms with E-state index >= 15 is 0 Å². The number of nitrogens with zero attached hydrogens (tertiary/aromatic N) is 3. The van der Waals surface area contributed by atoms with Crippen LogP contribution in [-0.2, 0) is 48.2 Å². The number of hydrogen-bond acceptors (Lipinski definition) is 10. The molecule has 0 aliphatic heterocycles. The monoisotopic (exact) mass is 419 g/mol. The summed E-state index contributed by atoms with van der Waals surface area (Å²) in [5, 5.41) is 0. The standard InChI is InChI=1S/C15H21N3O9S/c1-10(19)25-6-3-16-13(22)17(4-7-26-11(2)20)15(24)18(14(16)23)5-8-27-12(21)9-28/h28H,3-9H2,1-2H3. The molecular weight excluding hydrogens is 398 g/mol. The van der Waals surface area contributed by atoms with Crippen molar-refractivity contribution in [1.82, 2.24) is 13.7 Å². The maximum Gasteiger partial charge on any atom is 0.336 e. The first-order chi connectivity index (χ1) is 13.2. The second-order valence-electron chi connectivity index (χ2n) is 5.36. The largest absolute Gasteiger partial charge is 0.464 e. The summed E-state index contributed by atoms with van der Waals surface area (Å²) in [5.74, 6) is -2.02. The normalized spacial score (nSPS) is 10.4. The van der Waals surface area contributed by atoms with E-state index in [4.69, 9.17) is 14.2 Å². The maximum absolute atomic E-state index is 12.5. The first-order valence-corrected chi connectivity index (χ1v) is 8.80. The molecule has 13 heteroatoms. The van der Waals surface area contributed by atoms with Crippen LogP contribution in [0.1, 0.15) is 13.8 Å². The van der Waals surface area contributed by atoms with Crippen molar-refractivity contribution in [2.45, 2.75) is 33.5 Å². The predicted octanol–water partition coefficient (Wildman–Crippen LogP) is -2.23. The summed E-state index contributed by atoms with van der Waals surface area (Å²) >= 11 is 3.74. The van der Waals surface area contributed by atoms with Crippen molar-refractivity contribution in [1.29, 1.82) is 0 Å². The van der Waals surface area contributed by atoms with Crippen molar-refractivity contribution in [2.24, 2.45) is 0 Å². The molecule has 0 saturated heterocycles. The van der Waals surface area contributed by atoms with Gasteiger partial charge in [-0.2, -0.15) is 12.6 Å². The van der Waals surface area contributed by atoms with E-state index in [-0.39, 0.29) is 45.2 Å². The van der Waals surface area contributed by atoms with E-state index < -0.39 is 35.0 Å². The van der Waals surface area contributed by atoms with Gasteiger partial charge in [-0.1, -0.05) is 0 Å². The average Bonchev–Trinajstić information content (AvgIpc) is 2.62. The van der Waals surface area contributed by atoms with Crippen LogP contribution in [-0.4, -0.2) is 57.2 Å². The highest BCUT2D eigenvalue weighted by molar-refractivity contribution is 7.81. The van der Waals surface area contributed by atoms with Crippen molar-refractivity contribution < 1.29 is 28.6 Å². The Morgan fingerprint density at radius 1 is 0.714 bits per heavy atom. The fraction of sp³-hybridized carbons (Fsp3) is 0.600. The fourth-order valence-electron chi connectivity index (χ4n) is 2.11. The molecule has 0 fully saturated rings. The summed E-state index contributed by atoms with van der Waals surface area (Å²) in [6.07, 6.45) is 0. The molecule has 1 aromatic rings. The number of hydrogen-bond donors (Lipinski definition) is 1. The van der Waals surface area contributed by atoms with E-state index in [1.807, 2.05) is 0 Å². The summed E-state index contributed by atoms with van der Waals surface area (Å²) in [7, 11) is 0. The molecule has 0 saturated carbocycles. The molecule has 156 valence electrons. The minimum Gasteiger partial charge on any atom is -0.464 e. The number of carbonyl (C=O) groups excluding carboxylic acids is 3. The lowest BCUT2D eigenvalue weighted by molar-refractivity contribution is -0.142. The molecule has 0 radical (unpaired) electrons. The van der Waals surface area contributed by atoms with Gasteiger partial charge in [0.2, 0.25) is 0 Å². The first-order valence-electron chi connectivity index (χ1n) is 8.16. The number of esters is 3. The van der Waals surface area contributed by atoms with Crippen molar-refractivity contribution in [3.8, 4) is 0 Å². The van der Waals surface area contributed by atoms with Gasteiger partial charge in [0.25, 0.3) is 0 Å². The summed E-state index contributed by atoms with van der Waals surface area (Å²) < 4.78 is 16.4. The molecule has 0 aromatic carbocycles. The predicted molar refractivity (Wildman–Crippen MR) is 97.3 cm³/mol. The highest BCUT2D eigenvalue weighted by atomic mass is 32.1. The molecule has 0 aliphatic carbocycles. The first kappa shape index (κ1) is 23.2. The average molecular weight is 419 g/mol. The van der Waals surface area contributed by atoms with Crippen molar-refractivity contribution in [3.05, 3.63) is 31.5 Å². The zero-order valence-corrected chi connectivity index (χ0v) is 16.3. The number of rotatable bonds is 10. The Balaban J connectivity index is 3.23. The SMILES string of the molecule is CC(=O)OCCn1c(=O)n(CCOC(C)=O)c(=O)n(CCOC(=O)CS)c1=O. The van der Waals surface area contributed by atoms with Gasteiger partial charge in [0.1, 0.15) is 19.8 Å². The van der Waals surface area contributed by atoms with Crippen LogP contribution < -0.4 is 17.1 Å². The van der Waals surface area contributed by atoms with E-state index in [9.17, 15) is 28.8 Å².